The Kier molecular flexibility index (Phi) is 2.98. The first-order chi connectivity index (χ1) is 7.16. The van der Waals surface area contributed by atoms with E-state index in [0.29, 0.717) is 0 Å². The van der Waals surface area contributed by atoms with E-state index in [1.54, 1.807) is 0 Å². The van der Waals surface area contributed by atoms with Gasteiger partial charge in [0.15, 0.2) is 0 Å². The molecule has 1 aromatic rings. The molecule has 0 aliphatic carbocycles. The summed E-state index contributed by atoms with van der Waals surface area (Å²) < 4.78 is 0. The molecule has 0 spiro atoms. The van der Waals surface area contributed by atoms with E-state index in [1.165, 1.54) is 11.1 Å². The standard InChI is InChI=1S/C11H17BN2O/c1-12(15)14-6-4-9-2-3-11(13)8-10(9)5-7-14/h2-3,8,15H,4-7,13H2,1H3. The van der Waals surface area contributed by atoms with Crippen LogP contribution in [0.1, 0.15) is 11.1 Å². The fourth-order valence-corrected chi connectivity index (χ4v) is 2.14. The summed E-state index contributed by atoms with van der Waals surface area (Å²) in [5.74, 6) is 0. The predicted octanol–water partition coefficient (Wildman–Crippen LogP) is 0.780. The number of nitrogens with zero attached hydrogens (tertiary/aromatic N) is 1. The molecule has 0 aromatic heterocycles. The lowest BCUT2D eigenvalue weighted by Crippen LogP contribution is -2.38. The summed E-state index contributed by atoms with van der Waals surface area (Å²) in [5, 5.41) is 9.54. The molecule has 2 rings (SSSR count). The van der Waals surface area contributed by atoms with Gasteiger partial charge in [-0.25, -0.2) is 0 Å². The second-order valence-electron chi connectivity index (χ2n) is 4.20. The van der Waals surface area contributed by atoms with Gasteiger partial charge in [-0.1, -0.05) is 6.07 Å². The van der Waals surface area contributed by atoms with Crippen LogP contribution in [-0.2, 0) is 12.8 Å². The Labute approximate surface area is 91.0 Å². The Morgan fingerprint density at radius 3 is 2.60 bits per heavy atom. The van der Waals surface area contributed by atoms with Gasteiger partial charge in [0.2, 0.25) is 0 Å². The van der Waals surface area contributed by atoms with Crippen molar-refractivity contribution < 1.29 is 5.02 Å². The van der Waals surface area contributed by atoms with Crippen molar-refractivity contribution in [2.24, 2.45) is 0 Å². The number of hydrogen-bond donors (Lipinski definition) is 2. The van der Waals surface area contributed by atoms with E-state index in [2.05, 4.69) is 16.9 Å². The first-order valence-electron chi connectivity index (χ1n) is 5.46. The number of benzene rings is 1. The molecule has 0 atom stereocenters. The van der Waals surface area contributed by atoms with Gasteiger partial charge in [-0.15, -0.1) is 0 Å². The zero-order valence-corrected chi connectivity index (χ0v) is 9.11. The highest BCUT2D eigenvalue weighted by molar-refractivity contribution is 6.45. The summed E-state index contributed by atoms with van der Waals surface area (Å²) in [7, 11) is -0.350. The molecule has 3 nitrogen and oxygen atoms in total. The summed E-state index contributed by atoms with van der Waals surface area (Å²) in [6.07, 6.45) is 1.98. The molecule has 1 aliphatic heterocycles. The van der Waals surface area contributed by atoms with Gasteiger partial charge in [-0.05, 0) is 56.0 Å². The van der Waals surface area contributed by atoms with Crippen molar-refractivity contribution in [2.45, 2.75) is 19.7 Å². The third-order valence-corrected chi connectivity index (χ3v) is 3.10. The highest BCUT2D eigenvalue weighted by Gasteiger charge is 2.19. The molecule has 0 fully saturated rings. The Hall–Kier alpha value is -0.995. The van der Waals surface area contributed by atoms with Crippen LogP contribution in [0.25, 0.3) is 0 Å². The van der Waals surface area contributed by atoms with Gasteiger partial charge in [0, 0.05) is 5.69 Å². The zero-order chi connectivity index (χ0) is 10.8. The minimum atomic E-state index is -0.350. The molecule has 0 bridgehead atoms. The van der Waals surface area contributed by atoms with E-state index in [-0.39, 0.29) is 7.05 Å². The van der Waals surface area contributed by atoms with Crippen LogP contribution in [-0.4, -0.2) is 30.0 Å². The SMILES string of the molecule is CB(O)N1CCc2ccc(N)cc2CC1. The van der Waals surface area contributed by atoms with E-state index in [9.17, 15) is 5.02 Å². The highest BCUT2D eigenvalue weighted by atomic mass is 16.2. The Morgan fingerprint density at radius 2 is 1.93 bits per heavy atom. The monoisotopic (exact) mass is 204 g/mol. The van der Waals surface area contributed by atoms with Crippen LogP contribution in [0.4, 0.5) is 5.69 Å². The average molecular weight is 204 g/mol. The molecule has 1 heterocycles. The summed E-state index contributed by atoms with van der Waals surface area (Å²) >= 11 is 0. The number of rotatable bonds is 1. The summed E-state index contributed by atoms with van der Waals surface area (Å²) in [6, 6.07) is 6.12. The normalized spacial score (nSPS) is 16.9. The Morgan fingerprint density at radius 1 is 1.27 bits per heavy atom. The van der Waals surface area contributed by atoms with Crippen LogP contribution in [0.3, 0.4) is 0 Å². The molecular formula is C11H17BN2O. The van der Waals surface area contributed by atoms with Crippen LogP contribution in [0.2, 0.25) is 6.82 Å². The molecule has 4 heteroatoms. The maximum Gasteiger partial charge on any atom is 0.376 e. The van der Waals surface area contributed by atoms with Crippen LogP contribution in [0.5, 0.6) is 0 Å². The maximum atomic E-state index is 9.54. The second-order valence-corrected chi connectivity index (χ2v) is 4.20. The van der Waals surface area contributed by atoms with E-state index >= 15 is 0 Å². The molecule has 1 aliphatic rings. The Bertz CT molecular complexity index is 354. The minimum Gasteiger partial charge on any atom is -0.437 e. The summed E-state index contributed by atoms with van der Waals surface area (Å²) in [4.78, 5) is 2.09. The third kappa shape index (κ3) is 2.33. The molecular weight excluding hydrogens is 187 g/mol. The predicted molar refractivity (Wildman–Crippen MR) is 63.7 cm³/mol. The highest BCUT2D eigenvalue weighted by Crippen LogP contribution is 2.18. The molecule has 0 saturated carbocycles. The van der Waals surface area contributed by atoms with Gasteiger partial charge >= 0.3 is 7.05 Å². The molecule has 15 heavy (non-hydrogen) atoms. The molecule has 0 unspecified atom stereocenters. The van der Waals surface area contributed by atoms with Crippen LogP contribution in [0, 0.1) is 0 Å². The van der Waals surface area contributed by atoms with Gasteiger partial charge in [-0.3, -0.25) is 0 Å². The van der Waals surface area contributed by atoms with Crippen molar-refractivity contribution in [1.29, 1.82) is 0 Å². The van der Waals surface area contributed by atoms with Gasteiger partial charge < -0.3 is 15.6 Å². The van der Waals surface area contributed by atoms with Gasteiger partial charge in [0.05, 0.1) is 0 Å². The van der Waals surface area contributed by atoms with Crippen LogP contribution >= 0.6 is 0 Å². The molecule has 1 aromatic carbocycles. The molecule has 0 radical (unpaired) electrons. The fraction of sp³-hybridized carbons (Fsp3) is 0.455. The van der Waals surface area contributed by atoms with Crippen molar-refractivity contribution in [3.63, 3.8) is 0 Å². The lowest BCUT2D eigenvalue weighted by molar-refractivity contribution is 0.379. The number of nitrogen functional groups attached to an aromatic ring is 1. The van der Waals surface area contributed by atoms with Crippen molar-refractivity contribution in [2.75, 3.05) is 18.8 Å². The van der Waals surface area contributed by atoms with Crippen molar-refractivity contribution in [3.05, 3.63) is 29.3 Å². The van der Waals surface area contributed by atoms with Crippen LogP contribution in [0.15, 0.2) is 18.2 Å². The van der Waals surface area contributed by atoms with E-state index in [0.717, 1.165) is 31.6 Å². The molecule has 3 N–H and O–H groups in total. The average Bonchev–Trinajstić information content (AvgIpc) is 2.39. The van der Waals surface area contributed by atoms with Gasteiger partial charge in [-0.2, -0.15) is 0 Å². The molecule has 0 saturated heterocycles. The molecule has 80 valence electrons. The van der Waals surface area contributed by atoms with Crippen molar-refractivity contribution in [3.8, 4) is 0 Å². The summed E-state index contributed by atoms with van der Waals surface area (Å²) in [6.45, 7) is 3.66. The number of hydrogen-bond acceptors (Lipinski definition) is 3. The largest absolute Gasteiger partial charge is 0.437 e. The van der Waals surface area contributed by atoms with E-state index in [4.69, 9.17) is 5.73 Å². The summed E-state index contributed by atoms with van der Waals surface area (Å²) in [5.41, 5.74) is 9.30. The first kappa shape index (κ1) is 10.5. The van der Waals surface area contributed by atoms with Gasteiger partial charge in [0.1, 0.15) is 0 Å². The smallest absolute Gasteiger partial charge is 0.376 e. The van der Waals surface area contributed by atoms with Crippen LogP contribution < -0.4 is 5.73 Å². The van der Waals surface area contributed by atoms with Crippen molar-refractivity contribution >= 4 is 12.7 Å². The second kappa shape index (κ2) is 4.25. The lowest BCUT2D eigenvalue weighted by Gasteiger charge is -2.19. The third-order valence-electron chi connectivity index (χ3n) is 3.10. The number of fused-ring (bicyclic) bond motifs is 1. The van der Waals surface area contributed by atoms with Gasteiger partial charge in [0.25, 0.3) is 0 Å². The first-order valence-corrected chi connectivity index (χ1v) is 5.46. The Balaban J connectivity index is 2.18. The maximum absolute atomic E-state index is 9.54. The number of anilines is 1. The molecule has 0 amide bonds. The van der Waals surface area contributed by atoms with Crippen molar-refractivity contribution in [1.82, 2.24) is 4.81 Å². The number of nitrogens with two attached hydrogens (primary N) is 1. The van der Waals surface area contributed by atoms with E-state index in [1.807, 2.05) is 12.9 Å². The zero-order valence-electron chi connectivity index (χ0n) is 9.11. The van der Waals surface area contributed by atoms with E-state index < -0.39 is 0 Å². The quantitative estimate of drug-likeness (QED) is 0.525. The minimum absolute atomic E-state index is 0.350. The lowest BCUT2D eigenvalue weighted by atomic mass is 9.85. The fourth-order valence-electron chi connectivity index (χ4n) is 2.14. The topological polar surface area (TPSA) is 49.5 Å².